The predicted octanol–water partition coefficient (Wildman–Crippen LogP) is 0.823. The summed E-state index contributed by atoms with van der Waals surface area (Å²) in [4.78, 5) is 16.0. The molecule has 6 N–H and O–H groups in total. The van der Waals surface area contributed by atoms with Gasteiger partial charge in [0.05, 0.1) is 0 Å². The molecule has 0 aliphatic rings. The maximum atomic E-state index is 8.00. The Morgan fingerprint density at radius 1 is 0.889 bits per heavy atom. The molecule has 0 heterocycles. The van der Waals surface area contributed by atoms with E-state index in [1.165, 1.54) is 0 Å². The summed E-state index contributed by atoms with van der Waals surface area (Å²) in [5.41, 5.74) is 0. The summed E-state index contributed by atoms with van der Waals surface area (Å²) >= 11 is 0. The van der Waals surface area contributed by atoms with Crippen LogP contribution in [0.1, 0.15) is 0 Å². The van der Waals surface area contributed by atoms with Crippen molar-refractivity contribution in [3.05, 3.63) is 20.2 Å². The van der Waals surface area contributed by atoms with Crippen molar-refractivity contribution in [2.75, 3.05) is 0 Å². The molecule has 0 spiro atoms. The fourth-order valence-electron chi connectivity index (χ4n) is 0. The molecule has 0 aromatic heterocycles. The van der Waals surface area contributed by atoms with E-state index in [1.807, 2.05) is 0 Å². The van der Waals surface area contributed by atoms with Crippen LogP contribution in [0.2, 0.25) is 0 Å². The molecule has 0 rings (SSSR count). The third-order valence-electron chi connectivity index (χ3n) is 0. The minimum atomic E-state index is 0. The second-order valence-corrected chi connectivity index (χ2v) is 0.149. The monoisotopic (exact) mass is 232 g/mol. The molecule has 0 unspecified atom stereocenters. The zero-order valence-electron chi connectivity index (χ0n) is 4.26. The summed E-state index contributed by atoms with van der Waals surface area (Å²) in [7, 11) is 0. The Bertz CT molecular complexity index is 33.5. The van der Waals surface area contributed by atoms with Gasteiger partial charge in [-0.3, -0.25) is 0 Å². The van der Waals surface area contributed by atoms with Crippen LogP contribution in [0.5, 0.6) is 0 Å². The van der Waals surface area contributed by atoms with E-state index < -0.39 is 0 Å². The van der Waals surface area contributed by atoms with Crippen molar-refractivity contribution in [2.45, 2.75) is 0 Å². The van der Waals surface area contributed by atoms with Gasteiger partial charge in [-0.1, -0.05) is 0 Å². The first-order valence-corrected chi connectivity index (χ1v) is 0.730. The average molecular weight is 232 g/mol. The van der Waals surface area contributed by atoms with Crippen molar-refractivity contribution in [3.63, 3.8) is 0 Å². The first kappa shape index (κ1) is 39.9. The molecule has 0 aromatic carbocycles. The Morgan fingerprint density at radius 2 is 0.889 bits per heavy atom. The standard InChI is InChI=1S/2HNO2.2H3N.Pd/c2*2-1-3;;;/h2*(H,2,3);2*1H3;/p-2. The van der Waals surface area contributed by atoms with Gasteiger partial charge in [-0.05, 0) is 0 Å². The van der Waals surface area contributed by atoms with Crippen LogP contribution in [0, 0.1) is 20.2 Å². The van der Waals surface area contributed by atoms with Crippen LogP contribution in [-0.2, 0) is 20.4 Å². The maximum Gasteiger partial charge on any atom is 0 e. The average Bonchev–Trinajstić information content (AvgIpc) is 1.39. The van der Waals surface area contributed by atoms with E-state index in [2.05, 4.69) is 0 Å². The molecule has 0 amide bonds. The minimum absolute atomic E-state index is 0. The van der Waals surface area contributed by atoms with Crippen molar-refractivity contribution < 1.29 is 20.4 Å². The minimum Gasteiger partial charge on any atom is -0.444 e. The number of rotatable bonds is 0. The second kappa shape index (κ2) is 157. The van der Waals surface area contributed by atoms with Gasteiger partial charge in [-0.25, -0.2) is 0 Å². The number of nitrogens with zero attached hydrogens (tertiary/aromatic N) is 2. The molecule has 0 aliphatic heterocycles. The van der Waals surface area contributed by atoms with Gasteiger partial charge in [0.2, 0.25) is 0 Å². The Kier molecular flexibility index (Phi) is 698. The van der Waals surface area contributed by atoms with Crippen LogP contribution >= 0.6 is 0 Å². The van der Waals surface area contributed by atoms with Crippen LogP contribution in [0.25, 0.3) is 0 Å². The van der Waals surface area contributed by atoms with Crippen LogP contribution in [-0.4, -0.2) is 0 Å². The van der Waals surface area contributed by atoms with Crippen molar-refractivity contribution in [3.8, 4) is 0 Å². The van der Waals surface area contributed by atoms with Crippen LogP contribution in [0.3, 0.4) is 0 Å². The molecule has 0 fully saturated rings. The van der Waals surface area contributed by atoms with Crippen LogP contribution in [0.15, 0.2) is 10.7 Å². The molecule has 0 aromatic rings. The first-order valence-electron chi connectivity index (χ1n) is 0.730. The molecule has 0 aliphatic carbocycles. The van der Waals surface area contributed by atoms with E-state index >= 15 is 0 Å². The molecular weight excluding hydrogens is 226 g/mol. The van der Waals surface area contributed by atoms with Gasteiger partial charge in [-0.2, -0.15) is 0 Å². The van der Waals surface area contributed by atoms with Gasteiger partial charge >= 0.3 is 0 Å². The summed E-state index contributed by atoms with van der Waals surface area (Å²) in [5, 5.41) is 18.0. The van der Waals surface area contributed by atoms with Gasteiger partial charge in [0.15, 0.2) is 0 Å². The molecule has 0 radical (unpaired) electrons. The van der Waals surface area contributed by atoms with Gasteiger partial charge < -0.3 is 32.5 Å². The summed E-state index contributed by atoms with van der Waals surface area (Å²) in [6.45, 7) is 0. The zero-order chi connectivity index (χ0) is 5.41. The third-order valence-corrected chi connectivity index (χ3v) is 0. The van der Waals surface area contributed by atoms with Gasteiger partial charge in [-0.15, -0.1) is 10.7 Å². The Morgan fingerprint density at radius 3 is 0.889 bits per heavy atom. The number of hydrogen-bond acceptors (Lipinski definition) is 8. The van der Waals surface area contributed by atoms with E-state index in [1.54, 1.807) is 0 Å². The fourth-order valence-corrected chi connectivity index (χ4v) is 0. The van der Waals surface area contributed by atoms with E-state index in [9.17, 15) is 0 Å². The summed E-state index contributed by atoms with van der Waals surface area (Å²) in [5.74, 6) is 0. The Labute approximate surface area is 64.3 Å². The molecule has 8 nitrogen and oxygen atoms in total. The molecule has 9 heteroatoms. The summed E-state index contributed by atoms with van der Waals surface area (Å²) in [6, 6.07) is 0. The van der Waals surface area contributed by atoms with Crippen LogP contribution < -0.4 is 12.3 Å². The normalized spacial score (nSPS) is 2.67. The fraction of sp³-hybridized carbons (Fsp3) is 0. The van der Waals surface area contributed by atoms with Crippen molar-refractivity contribution in [1.82, 2.24) is 12.3 Å². The van der Waals surface area contributed by atoms with E-state index in [4.69, 9.17) is 20.2 Å². The Balaban J connectivity index is -0.00000000889. The number of hydrogen-bond donors (Lipinski definition) is 2. The predicted molar refractivity (Wildman–Crippen MR) is 28.4 cm³/mol. The van der Waals surface area contributed by atoms with Crippen molar-refractivity contribution in [1.29, 1.82) is 0 Å². The third kappa shape index (κ3) is 561. The van der Waals surface area contributed by atoms with Gasteiger partial charge in [0, 0.05) is 20.4 Å². The van der Waals surface area contributed by atoms with E-state index in [-0.39, 0.29) is 32.7 Å². The summed E-state index contributed by atoms with van der Waals surface area (Å²) in [6.07, 6.45) is 0. The smallest absolute Gasteiger partial charge is 0 e. The van der Waals surface area contributed by atoms with Gasteiger partial charge in [0.25, 0.3) is 0 Å². The molecule has 9 heavy (non-hydrogen) atoms. The molecular formula is H6N4O4Pd-2. The first-order chi connectivity index (χ1) is 2.83. The topological polar surface area (TPSA) is 175 Å². The summed E-state index contributed by atoms with van der Waals surface area (Å²) < 4.78 is 0. The SMILES string of the molecule is N.N.O=N[O-].O=N[O-].[Pd]. The second-order valence-electron chi connectivity index (χ2n) is 0.149. The molecule has 0 saturated carbocycles. The zero-order valence-corrected chi connectivity index (χ0v) is 5.81. The Hall–Kier alpha value is -0.618. The maximum absolute atomic E-state index is 8.00. The van der Waals surface area contributed by atoms with Crippen molar-refractivity contribution in [2.24, 2.45) is 10.7 Å². The van der Waals surface area contributed by atoms with Gasteiger partial charge in [0.1, 0.15) is 0 Å². The van der Waals surface area contributed by atoms with E-state index in [0.29, 0.717) is 0 Å². The van der Waals surface area contributed by atoms with E-state index in [0.717, 1.165) is 10.7 Å². The molecule has 0 saturated heterocycles. The largest absolute Gasteiger partial charge is 0.444 e. The molecule has 0 atom stereocenters. The molecule has 62 valence electrons. The molecule has 0 bridgehead atoms. The van der Waals surface area contributed by atoms with Crippen molar-refractivity contribution >= 4 is 0 Å². The quantitative estimate of drug-likeness (QED) is 0.355. The van der Waals surface area contributed by atoms with Crippen LogP contribution in [0.4, 0.5) is 0 Å².